The van der Waals surface area contributed by atoms with Crippen LogP contribution in [0.2, 0.25) is 0 Å². The molecule has 2 nitrogen and oxygen atoms in total. The highest BCUT2D eigenvalue weighted by atomic mass is 32.1. The molecule has 0 aromatic carbocycles. The zero-order chi connectivity index (χ0) is 8.39. The van der Waals surface area contributed by atoms with Gasteiger partial charge in [-0.15, -0.1) is 11.3 Å². The van der Waals surface area contributed by atoms with Gasteiger partial charge in [-0.1, -0.05) is 0 Å². The van der Waals surface area contributed by atoms with Crippen molar-refractivity contribution in [2.24, 2.45) is 0 Å². The predicted molar refractivity (Wildman–Crippen MR) is 47.6 cm³/mol. The van der Waals surface area contributed by atoms with Gasteiger partial charge in [-0.05, 0) is 25.0 Å². The highest BCUT2D eigenvalue weighted by Gasteiger charge is 2.18. The van der Waals surface area contributed by atoms with Crippen LogP contribution < -0.4 is 0 Å². The maximum absolute atomic E-state index is 10.4. The SMILES string of the molecule is O=Cc1ccc([C@H]2CCCO2)s1. The maximum Gasteiger partial charge on any atom is 0.160 e. The Morgan fingerprint density at radius 1 is 1.58 bits per heavy atom. The quantitative estimate of drug-likeness (QED) is 0.656. The standard InChI is InChI=1S/C9H10O2S/c10-6-7-3-4-9(12-7)8-2-1-5-11-8/h3-4,6,8H,1-2,5H2/t8-/m1/s1. The van der Waals surface area contributed by atoms with Gasteiger partial charge in [0.15, 0.2) is 6.29 Å². The van der Waals surface area contributed by atoms with Crippen molar-refractivity contribution >= 4 is 17.6 Å². The van der Waals surface area contributed by atoms with Crippen LogP contribution in [0.5, 0.6) is 0 Å². The third-order valence-electron chi connectivity index (χ3n) is 2.01. The van der Waals surface area contributed by atoms with E-state index in [4.69, 9.17) is 4.74 Å². The molecule has 1 atom stereocenters. The highest BCUT2D eigenvalue weighted by molar-refractivity contribution is 7.13. The lowest BCUT2D eigenvalue weighted by atomic mass is 10.2. The molecule has 2 heterocycles. The van der Waals surface area contributed by atoms with Crippen molar-refractivity contribution in [3.05, 3.63) is 21.9 Å². The fourth-order valence-electron chi connectivity index (χ4n) is 1.41. The molecule has 0 N–H and O–H groups in total. The monoisotopic (exact) mass is 182 g/mol. The molecular weight excluding hydrogens is 172 g/mol. The molecule has 0 unspecified atom stereocenters. The molecular formula is C9H10O2S. The van der Waals surface area contributed by atoms with E-state index in [2.05, 4.69) is 0 Å². The summed E-state index contributed by atoms with van der Waals surface area (Å²) in [5.74, 6) is 0. The normalized spacial score (nSPS) is 22.8. The van der Waals surface area contributed by atoms with Crippen molar-refractivity contribution in [1.29, 1.82) is 0 Å². The molecule has 1 fully saturated rings. The lowest BCUT2D eigenvalue weighted by Crippen LogP contribution is -1.90. The first-order valence-electron chi connectivity index (χ1n) is 4.06. The van der Waals surface area contributed by atoms with Gasteiger partial charge in [-0.25, -0.2) is 0 Å². The Kier molecular flexibility index (Phi) is 2.23. The van der Waals surface area contributed by atoms with E-state index in [0.29, 0.717) is 0 Å². The average molecular weight is 182 g/mol. The number of hydrogen-bond donors (Lipinski definition) is 0. The second-order valence-electron chi connectivity index (χ2n) is 2.86. The first-order chi connectivity index (χ1) is 5.90. The van der Waals surface area contributed by atoms with Crippen molar-refractivity contribution in [1.82, 2.24) is 0 Å². The van der Waals surface area contributed by atoms with Crippen LogP contribution in [0.4, 0.5) is 0 Å². The number of aldehydes is 1. The Labute approximate surface area is 75.2 Å². The molecule has 2 rings (SSSR count). The van der Waals surface area contributed by atoms with Crippen molar-refractivity contribution in [2.45, 2.75) is 18.9 Å². The number of thiophene rings is 1. The lowest BCUT2D eigenvalue weighted by Gasteiger charge is -2.04. The predicted octanol–water partition coefficient (Wildman–Crippen LogP) is 2.41. The Bertz CT molecular complexity index is 274. The van der Waals surface area contributed by atoms with Gasteiger partial charge in [0.05, 0.1) is 11.0 Å². The second kappa shape index (κ2) is 3.37. The molecule has 0 bridgehead atoms. The van der Waals surface area contributed by atoms with E-state index in [1.54, 1.807) is 0 Å². The van der Waals surface area contributed by atoms with Crippen molar-refractivity contribution in [3.8, 4) is 0 Å². The van der Waals surface area contributed by atoms with Gasteiger partial charge in [0.25, 0.3) is 0 Å². The smallest absolute Gasteiger partial charge is 0.160 e. The van der Waals surface area contributed by atoms with Gasteiger partial charge in [0.2, 0.25) is 0 Å². The zero-order valence-corrected chi connectivity index (χ0v) is 7.47. The summed E-state index contributed by atoms with van der Waals surface area (Å²) in [6, 6.07) is 3.85. The van der Waals surface area contributed by atoms with Crippen LogP contribution in [0.1, 0.15) is 33.5 Å². The molecule has 1 aromatic rings. The summed E-state index contributed by atoms with van der Waals surface area (Å²) in [7, 11) is 0. The minimum absolute atomic E-state index is 0.253. The van der Waals surface area contributed by atoms with Crippen molar-refractivity contribution in [3.63, 3.8) is 0 Å². The van der Waals surface area contributed by atoms with Gasteiger partial charge >= 0.3 is 0 Å². The summed E-state index contributed by atoms with van der Waals surface area (Å²) in [4.78, 5) is 12.4. The second-order valence-corrected chi connectivity index (χ2v) is 4.01. The summed E-state index contributed by atoms with van der Waals surface area (Å²) in [5.41, 5.74) is 0. The molecule has 0 aliphatic carbocycles. The molecule has 0 spiro atoms. The fraction of sp³-hybridized carbons (Fsp3) is 0.444. The van der Waals surface area contributed by atoms with Crippen molar-refractivity contribution in [2.75, 3.05) is 6.61 Å². The van der Waals surface area contributed by atoms with Gasteiger partial charge in [-0.2, -0.15) is 0 Å². The molecule has 12 heavy (non-hydrogen) atoms. The van der Waals surface area contributed by atoms with E-state index in [0.717, 1.165) is 30.6 Å². The molecule has 0 saturated carbocycles. The van der Waals surface area contributed by atoms with Crippen LogP contribution in [-0.2, 0) is 4.74 Å². The summed E-state index contributed by atoms with van der Waals surface area (Å²) in [6.45, 7) is 0.860. The Hall–Kier alpha value is -0.670. The van der Waals surface area contributed by atoms with Crippen molar-refractivity contribution < 1.29 is 9.53 Å². The van der Waals surface area contributed by atoms with Crippen LogP contribution in [-0.4, -0.2) is 12.9 Å². The van der Waals surface area contributed by atoms with Gasteiger partial charge < -0.3 is 4.74 Å². The Balaban J connectivity index is 2.16. The van der Waals surface area contributed by atoms with E-state index in [1.807, 2.05) is 12.1 Å². The minimum Gasteiger partial charge on any atom is -0.373 e. The fourth-order valence-corrected chi connectivity index (χ4v) is 2.32. The summed E-state index contributed by atoms with van der Waals surface area (Å²) >= 11 is 1.54. The molecule has 1 aromatic heterocycles. The number of carbonyl (C=O) groups is 1. The van der Waals surface area contributed by atoms with Gasteiger partial charge in [-0.3, -0.25) is 4.79 Å². The highest BCUT2D eigenvalue weighted by Crippen LogP contribution is 2.32. The van der Waals surface area contributed by atoms with Crippen LogP contribution in [0.15, 0.2) is 12.1 Å². The molecule has 1 aliphatic rings. The molecule has 0 radical (unpaired) electrons. The average Bonchev–Trinajstić information content (AvgIpc) is 2.75. The zero-order valence-electron chi connectivity index (χ0n) is 6.66. The minimum atomic E-state index is 0.253. The first kappa shape index (κ1) is 7.95. The van der Waals surface area contributed by atoms with E-state index in [9.17, 15) is 4.79 Å². The molecule has 64 valence electrons. The largest absolute Gasteiger partial charge is 0.373 e. The first-order valence-corrected chi connectivity index (χ1v) is 4.88. The Morgan fingerprint density at radius 3 is 3.08 bits per heavy atom. The molecule has 1 aliphatic heterocycles. The molecule has 1 saturated heterocycles. The van der Waals surface area contributed by atoms with Gasteiger partial charge in [0.1, 0.15) is 0 Å². The summed E-state index contributed by atoms with van der Waals surface area (Å²) in [6.07, 6.45) is 3.38. The van der Waals surface area contributed by atoms with Gasteiger partial charge in [0, 0.05) is 11.5 Å². The number of ether oxygens (including phenoxy) is 1. The van der Waals surface area contributed by atoms with E-state index in [1.165, 1.54) is 16.2 Å². The van der Waals surface area contributed by atoms with E-state index >= 15 is 0 Å². The topological polar surface area (TPSA) is 26.3 Å². The molecule has 3 heteroatoms. The Morgan fingerprint density at radius 2 is 2.50 bits per heavy atom. The third-order valence-corrected chi connectivity index (χ3v) is 3.11. The number of rotatable bonds is 2. The van der Waals surface area contributed by atoms with E-state index < -0.39 is 0 Å². The number of hydrogen-bond acceptors (Lipinski definition) is 3. The molecule has 0 amide bonds. The van der Waals surface area contributed by atoms with Crippen LogP contribution in [0.25, 0.3) is 0 Å². The van der Waals surface area contributed by atoms with E-state index in [-0.39, 0.29) is 6.10 Å². The summed E-state index contributed by atoms with van der Waals surface area (Å²) in [5, 5.41) is 0. The summed E-state index contributed by atoms with van der Waals surface area (Å²) < 4.78 is 5.49. The van der Waals surface area contributed by atoms with Crippen LogP contribution >= 0.6 is 11.3 Å². The maximum atomic E-state index is 10.4. The van der Waals surface area contributed by atoms with Crippen LogP contribution in [0, 0.1) is 0 Å². The number of carbonyl (C=O) groups excluding carboxylic acids is 1. The third kappa shape index (κ3) is 1.42. The van der Waals surface area contributed by atoms with Crippen LogP contribution in [0.3, 0.4) is 0 Å². The lowest BCUT2D eigenvalue weighted by molar-refractivity contribution is 0.112.